The zero-order valence-corrected chi connectivity index (χ0v) is 13.1. The SMILES string of the molecule is O=C(Cn1cc(-c2ccccc2)nn1)NCC(O)C1CCCC1. The number of aromatic nitrogens is 3. The quantitative estimate of drug-likeness (QED) is 0.849. The Morgan fingerprint density at radius 1 is 1.30 bits per heavy atom. The number of carbonyl (C=O) groups excluding carboxylic acids is 1. The molecule has 1 aromatic carbocycles. The van der Waals surface area contributed by atoms with Crippen molar-refractivity contribution in [3.8, 4) is 11.3 Å². The maximum atomic E-state index is 12.0. The molecule has 1 amide bonds. The van der Waals surface area contributed by atoms with Crippen molar-refractivity contribution in [1.82, 2.24) is 20.3 Å². The molecule has 1 fully saturated rings. The van der Waals surface area contributed by atoms with Crippen molar-refractivity contribution in [3.05, 3.63) is 36.5 Å². The summed E-state index contributed by atoms with van der Waals surface area (Å²) in [7, 11) is 0. The molecule has 2 N–H and O–H groups in total. The highest BCUT2D eigenvalue weighted by Gasteiger charge is 2.23. The number of nitrogens with one attached hydrogen (secondary N) is 1. The molecule has 0 saturated heterocycles. The molecular formula is C17H22N4O2. The zero-order chi connectivity index (χ0) is 16.1. The van der Waals surface area contributed by atoms with Crippen LogP contribution in [-0.2, 0) is 11.3 Å². The van der Waals surface area contributed by atoms with Gasteiger partial charge in [-0.05, 0) is 18.8 Å². The van der Waals surface area contributed by atoms with Gasteiger partial charge in [-0.25, -0.2) is 4.68 Å². The molecule has 122 valence electrons. The van der Waals surface area contributed by atoms with Crippen LogP contribution in [-0.4, -0.2) is 38.7 Å². The molecule has 0 spiro atoms. The van der Waals surface area contributed by atoms with E-state index in [0.29, 0.717) is 12.5 Å². The summed E-state index contributed by atoms with van der Waals surface area (Å²) < 4.78 is 1.51. The second-order valence-corrected chi connectivity index (χ2v) is 6.08. The number of rotatable bonds is 6. The fourth-order valence-electron chi connectivity index (χ4n) is 3.05. The number of hydrogen-bond acceptors (Lipinski definition) is 4. The molecule has 1 unspecified atom stereocenters. The second kappa shape index (κ2) is 7.37. The Morgan fingerprint density at radius 3 is 2.78 bits per heavy atom. The first-order chi connectivity index (χ1) is 11.2. The molecule has 1 atom stereocenters. The summed E-state index contributed by atoms with van der Waals surface area (Å²) in [6.45, 7) is 0.418. The van der Waals surface area contributed by atoms with Crippen LogP contribution in [0.4, 0.5) is 0 Å². The number of carbonyl (C=O) groups is 1. The van der Waals surface area contributed by atoms with Crippen LogP contribution >= 0.6 is 0 Å². The molecule has 0 aliphatic heterocycles. The van der Waals surface area contributed by atoms with Crippen molar-refractivity contribution in [2.24, 2.45) is 5.92 Å². The van der Waals surface area contributed by atoms with Crippen LogP contribution in [0.3, 0.4) is 0 Å². The Kier molecular flexibility index (Phi) is 5.02. The molecule has 1 saturated carbocycles. The van der Waals surface area contributed by atoms with Gasteiger partial charge >= 0.3 is 0 Å². The summed E-state index contributed by atoms with van der Waals surface area (Å²) >= 11 is 0. The van der Waals surface area contributed by atoms with Gasteiger partial charge in [0.1, 0.15) is 12.2 Å². The second-order valence-electron chi connectivity index (χ2n) is 6.08. The van der Waals surface area contributed by atoms with E-state index in [2.05, 4.69) is 15.6 Å². The predicted molar refractivity (Wildman–Crippen MR) is 86.4 cm³/mol. The Hall–Kier alpha value is -2.21. The zero-order valence-electron chi connectivity index (χ0n) is 13.1. The molecule has 3 rings (SSSR count). The minimum Gasteiger partial charge on any atom is -0.391 e. The van der Waals surface area contributed by atoms with Crippen LogP contribution in [0.2, 0.25) is 0 Å². The smallest absolute Gasteiger partial charge is 0.241 e. The minimum atomic E-state index is -0.447. The van der Waals surface area contributed by atoms with E-state index in [-0.39, 0.29) is 12.5 Å². The van der Waals surface area contributed by atoms with E-state index in [0.717, 1.165) is 24.1 Å². The Balaban J connectivity index is 1.49. The van der Waals surface area contributed by atoms with Crippen LogP contribution in [0.25, 0.3) is 11.3 Å². The van der Waals surface area contributed by atoms with Crippen LogP contribution < -0.4 is 5.32 Å². The highest BCUT2D eigenvalue weighted by molar-refractivity contribution is 5.75. The van der Waals surface area contributed by atoms with Gasteiger partial charge in [-0.3, -0.25) is 4.79 Å². The topological polar surface area (TPSA) is 80.0 Å². The molecule has 23 heavy (non-hydrogen) atoms. The molecule has 2 aromatic rings. The van der Waals surface area contributed by atoms with Crippen LogP contribution in [0.15, 0.2) is 36.5 Å². The Morgan fingerprint density at radius 2 is 2.04 bits per heavy atom. The van der Waals surface area contributed by atoms with Gasteiger partial charge in [-0.1, -0.05) is 48.4 Å². The molecule has 0 bridgehead atoms. The summed E-state index contributed by atoms with van der Waals surface area (Å²) in [5.41, 5.74) is 1.71. The third kappa shape index (κ3) is 4.16. The number of benzene rings is 1. The van der Waals surface area contributed by atoms with Crippen LogP contribution in [0, 0.1) is 5.92 Å². The van der Waals surface area contributed by atoms with Gasteiger partial charge < -0.3 is 10.4 Å². The van der Waals surface area contributed by atoms with Crippen molar-refractivity contribution in [2.45, 2.75) is 38.3 Å². The number of nitrogens with zero attached hydrogens (tertiary/aromatic N) is 3. The summed E-state index contributed by atoms with van der Waals surface area (Å²) in [5, 5.41) is 20.9. The lowest BCUT2D eigenvalue weighted by atomic mass is 10.0. The lowest BCUT2D eigenvalue weighted by molar-refractivity contribution is -0.122. The first-order valence-corrected chi connectivity index (χ1v) is 8.12. The van der Waals surface area contributed by atoms with E-state index in [1.807, 2.05) is 30.3 Å². The summed E-state index contributed by atoms with van der Waals surface area (Å²) in [4.78, 5) is 12.0. The number of hydrogen-bond donors (Lipinski definition) is 2. The van der Waals surface area contributed by atoms with Gasteiger partial charge in [0.2, 0.25) is 5.91 Å². The van der Waals surface area contributed by atoms with Gasteiger partial charge in [-0.2, -0.15) is 0 Å². The van der Waals surface area contributed by atoms with Crippen molar-refractivity contribution in [2.75, 3.05) is 6.54 Å². The molecule has 6 nitrogen and oxygen atoms in total. The van der Waals surface area contributed by atoms with E-state index < -0.39 is 6.10 Å². The maximum Gasteiger partial charge on any atom is 0.241 e. The van der Waals surface area contributed by atoms with Gasteiger partial charge in [-0.15, -0.1) is 5.10 Å². The van der Waals surface area contributed by atoms with E-state index >= 15 is 0 Å². The number of aliphatic hydroxyl groups is 1. The fraction of sp³-hybridized carbons (Fsp3) is 0.471. The van der Waals surface area contributed by atoms with E-state index in [9.17, 15) is 9.90 Å². The van der Waals surface area contributed by atoms with Gasteiger partial charge in [0.15, 0.2) is 0 Å². The molecule has 1 aliphatic carbocycles. The van der Waals surface area contributed by atoms with Gasteiger partial charge in [0.25, 0.3) is 0 Å². The fourth-order valence-corrected chi connectivity index (χ4v) is 3.05. The molecule has 1 aliphatic rings. The molecule has 6 heteroatoms. The normalized spacial score (nSPS) is 16.4. The Bertz CT molecular complexity index is 635. The standard InChI is InChI=1S/C17H22N4O2/c22-16(14-8-4-5-9-14)10-18-17(23)12-21-11-15(19-20-21)13-6-2-1-3-7-13/h1-3,6-7,11,14,16,22H,4-5,8-10,12H2,(H,18,23). The third-order valence-corrected chi connectivity index (χ3v) is 4.37. The summed E-state index contributed by atoms with van der Waals surface area (Å²) in [6.07, 6.45) is 5.77. The average molecular weight is 314 g/mol. The van der Waals surface area contributed by atoms with E-state index in [4.69, 9.17) is 0 Å². The van der Waals surface area contributed by atoms with Gasteiger partial charge in [0, 0.05) is 12.1 Å². The summed E-state index contributed by atoms with van der Waals surface area (Å²) in [6, 6.07) is 9.72. The van der Waals surface area contributed by atoms with Crippen molar-refractivity contribution in [1.29, 1.82) is 0 Å². The first-order valence-electron chi connectivity index (χ1n) is 8.12. The van der Waals surface area contributed by atoms with E-state index in [1.54, 1.807) is 6.20 Å². The number of amides is 1. The average Bonchev–Trinajstić information content (AvgIpc) is 3.25. The molecule has 1 heterocycles. The largest absolute Gasteiger partial charge is 0.391 e. The van der Waals surface area contributed by atoms with Crippen LogP contribution in [0.1, 0.15) is 25.7 Å². The van der Waals surface area contributed by atoms with Crippen molar-refractivity contribution in [3.63, 3.8) is 0 Å². The highest BCUT2D eigenvalue weighted by Crippen LogP contribution is 2.27. The van der Waals surface area contributed by atoms with Crippen molar-refractivity contribution >= 4 is 5.91 Å². The maximum absolute atomic E-state index is 12.0. The minimum absolute atomic E-state index is 0.108. The third-order valence-electron chi connectivity index (χ3n) is 4.37. The molecule has 1 aromatic heterocycles. The van der Waals surface area contributed by atoms with Crippen molar-refractivity contribution < 1.29 is 9.90 Å². The Labute approximate surface area is 135 Å². The highest BCUT2D eigenvalue weighted by atomic mass is 16.3. The predicted octanol–water partition coefficient (Wildman–Crippen LogP) is 1.61. The van der Waals surface area contributed by atoms with E-state index in [1.165, 1.54) is 17.5 Å². The lowest BCUT2D eigenvalue weighted by Crippen LogP contribution is -2.37. The van der Waals surface area contributed by atoms with Crippen LogP contribution in [0.5, 0.6) is 0 Å². The summed E-state index contributed by atoms with van der Waals surface area (Å²) in [5.74, 6) is 0.165. The van der Waals surface area contributed by atoms with Gasteiger partial charge in [0.05, 0.1) is 12.3 Å². The monoisotopic (exact) mass is 314 g/mol. The number of aliphatic hydroxyl groups excluding tert-OH is 1. The lowest BCUT2D eigenvalue weighted by Gasteiger charge is -2.17. The molecular weight excluding hydrogens is 292 g/mol. The molecule has 0 radical (unpaired) electrons. The first kappa shape index (κ1) is 15.7.